The number of amides is 2. The first-order valence-corrected chi connectivity index (χ1v) is 10.6. The Morgan fingerprint density at radius 1 is 1.35 bits per heavy atom. The standard InChI is InChI=1S/C15H23N3O3S2/c1-2-23(20,21)18-8-3-13(4-9-18)16-15(19)17-7-5-14-12(11-17)6-10-22-14/h6,10,13H,2-5,7-9,11H2,1H3,(H,16,19). The third-order valence-corrected chi connectivity index (χ3v) is 7.54. The zero-order chi connectivity index (χ0) is 16.4. The SMILES string of the molecule is CCS(=O)(=O)N1CCC(NC(=O)N2CCc3sccc3C2)CC1. The van der Waals surface area contributed by atoms with Crippen molar-refractivity contribution in [3.8, 4) is 0 Å². The van der Waals surface area contributed by atoms with Gasteiger partial charge in [-0.15, -0.1) is 11.3 Å². The molecule has 0 aromatic carbocycles. The third kappa shape index (κ3) is 3.70. The minimum atomic E-state index is -3.11. The van der Waals surface area contributed by atoms with Gasteiger partial charge in [-0.05, 0) is 43.2 Å². The Bertz CT molecular complexity index is 663. The van der Waals surface area contributed by atoms with Crippen LogP contribution in [0.1, 0.15) is 30.2 Å². The summed E-state index contributed by atoms with van der Waals surface area (Å²) in [6.07, 6.45) is 2.29. The van der Waals surface area contributed by atoms with E-state index in [2.05, 4.69) is 16.8 Å². The molecule has 3 rings (SSSR count). The molecule has 0 spiro atoms. The molecule has 0 radical (unpaired) electrons. The summed E-state index contributed by atoms with van der Waals surface area (Å²) in [5.74, 6) is 0.140. The molecule has 0 bridgehead atoms. The molecule has 0 aliphatic carbocycles. The van der Waals surface area contributed by atoms with E-state index in [1.54, 1.807) is 18.3 Å². The molecule has 2 aliphatic heterocycles. The van der Waals surface area contributed by atoms with E-state index in [1.165, 1.54) is 14.7 Å². The first kappa shape index (κ1) is 16.7. The lowest BCUT2D eigenvalue weighted by atomic mass is 10.1. The van der Waals surface area contributed by atoms with E-state index in [4.69, 9.17) is 0 Å². The van der Waals surface area contributed by atoms with Gasteiger partial charge in [0.25, 0.3) is 0 Å². The summed E-state index contributed by atoms with van der Waals surface area (Å²) in [7, 11) is -3.11. The van der Waals surface area contributed by atoms with Gasteiger partial charge in [0, 0.05) is 37.1 Å². The van der Waals surface area contributed by atoms with Gasteiger partial charge in [0.1, 0.15) is 0 Å². The summed E-state index contributed by atoms with van der Waals surface area (Å²) in [4.78, 5) is 15.7. The van der Waals surface area contributed by atoms with E-state index in [-0.39, 0.29) is 17.8 Å². The van der Waals surface area contributed by atoms with Gasteiger partial charge in [0.15, 0.2) is 0 Å². The molecule has 1 aromatic rings. The predicted molar refractivity (Wildman–Crippen MR) is 91.0 cm³/mol. The first-order valence-electron chi connectivity index (χ1n) is 8.08. The molecule has 2 aliphatic rings. The molecule has 1 fully saturated rings. The van der Waals surface area contributed by atoms with Crippen molar-refractivity contribution in [3.63, 3.8) is 0 Å². The number of hydrogen-bond donors (Lipinski definition) is 1. The highest BCUT2D eigenvalue weighted by atomic mass is 32.2. The molecule has 1 aromatic heterocycles. The molecule has 1 N–H and O–H groups in total. The average Bonchev–Trinajstić information content (AvgIpc) is 3.03. The van der Waals surface area contributed by atoms with E-state index in [0.717, 1.165) is 13.0 Å². The number of thiophene rings is 1. The van der Waals surface area contributed by atoms with Crippen LogP contribution in [0.5, 0.6) is 0 Å². The number of urea groups is 1. The van der Waals surface area contributed by atoms with E-state index in [9.17, 15) is 13.2 Å². The number of sulfonamides is 1. The largest absolute Gasteiger partial charge is 0.335 e. The number of fused-ring (bicyclic) bond motifs is 1. The highest BCUT2D eigenvalue weighted by Gasteiger charge is 2.29. The zero-order valence-electron chi connectivity index (χ0n) is 13.3. The van der Waals surface area contributed by atoms with Crippen molar-refractivity contribution in [2.75, 3.05) is 25.4 Å². The number of carbonyl (C=O) groups excluding carboxylic acids is 1. The van der Waals surface area contributed by atoms with E-state index in [0.29, 0.717) is 32.5 Å². The molecule has 23 heavy (non-hydrogen) atoms. The Labute approximate surface area is 141 Å². The van der Waals surface area contributed by atoms with Crippen molar-refractivity contribution in [1.29, 1.82) is 0 Å². The van der Waals surface area contributed by atoms with Crippen LogP contribution in [0.15, 0.2) is 11.4 Å². The third-order valence-electron chi connectivity index (χ3n) is 4.63. The number of hydrogen-bond acceptors (Lipinski definition) is 4. The van der Waals surface area contributed by atoms with E-state index in [1.807, 2.05) is 4.90 Å². The molecule has 0 atom stereocenters. The second-order valence-corrected chi connectivity index (χ2v) is 9.32. The Morgan fingerprint density at radius 3 is 2.78 bits per heavy atom. The van der Waals surface area contributed by atoms with Crippen LogP contribution >= 0.6 is 11.3 Å². The molecular weight excluding hydrogens is 334 g/mol. The molecule has 0 unspecified atom stereocenters. The van der Waals surface area contributed by atoms with Gasteiger partial charge in [-0.2, -0.15) is 0 Å². The number of nitrogens with zero attached hydrogens (tertiary/aromatic N) is 2. The quantitative estimate of drug-likeness (QED) is 0.894. The predicted octanol–water partition coefficient (Wildman–Crippen LogP) is 1.63. The Hall–Kier alpha value is -1.12. The van der Waals surface area contributed by atoms with Crippen LogP contribution in [-0.2, 0) is 23.0 Å². The molecule has 3 heterocycles. The summed E-state index contributed by atoms with van der Waals surface area (Å²) < 4.78 is 25.2. The average molecular weight is 358 g/mol. The summed E-state index contributed by atoms with van der Waals surface area (Å²) in [5.41, 5.74) is 1.25. The molecule has 6 nitrogen and oxygen atoms in total. The van der Waals surface area contributed by atoms with Crippen molar-refractivity contribution in [2.24, 2.45) is 0 Å². The molecule has 128 valence electrons. The molecule has 8 heteroatoms. The molecular formula is C15H23N3O3S2. The Morgan fingerprint density at radius 2 is 2.09 bits per heavy atom. The first-order chi connectivity index (χ1) is 11.0. The Balaban J connectivity index is 1.50. The zero-order valence-corrected chi connectivity index (χ0v) is 15.0. The van der Waals surface area contributed by atoms with Crippen LogP contribution in [0.4, 0.5) is 4.79 Å². The maximum absolute atomic E-state index is 12.4. The van der Waals surface area contributed by atoms with Crippen molar-refractivity contribution < 1.29 is 13.2 Å². The second-order valence-electron chi connectivity index (χ2n) is 6.06. The fourth-order valence-electron chi connectivity index (χ4n) is 3.15. The lowest BCUT2D eigenvalue weighted by Gasteiger charge is -2.34. The van der Waals surface area contributed by atoms with Crippen LogP contribution in [0.2, 0.25) is 0 Å². The van der Waals surface area contributed by atoms with Crippen LogP contribution in [-0.4, -0.2) is 55.1 Å². The van der Waals surface area contributed by atoms with Crippen LogP contribution in [0.3, 0.4) is 0 Å². The Kier molecular flexibility index (Phi) is 4.93. The van der Waals surface area contributed by atoms with Gasteiger partial charge in [-0.1, -0.05) is 0 Å². The van der Waals surface area contributed by atoms with Crippen LogP contribution < -0.4 is 5.32 Å². The monoisotopic (exact) mass is 357 g/mol. The van der Waals surface area contributed by atoms with Gasteiger partial charge in [0.05, 0.1) is 5.75 Å². The minimum Gasteiger partial charge on any atom is -0.335 e. The summed E-state index contributed by atoms with van der Waals surface area (Å²) in [6, 6.07) is 2.13. The lowest BCUT2D eigenvalue weighted by molar-refractivity contribution is 0.182. The smallest absolute Gasteiger partial charge is 0.317 e. The molecule has 2 amide bonds. The fourth-order valence-corrected chi connectivity index (χ4v) is 5.17. The maximum Gasteiger partial charge on any atom is 0.317 e. The van der Waals surface area contributed by atoms with Gasteiger partial charge >= 0.3 is 6.03 Å². The summed E-state index contributed by atoms with van der Waals surface area (Å²) in [6.45, 7) is 4.08. The fraction of sp³-hybridized carbons (Fsp3) is 0.667. The van der Waals surface area contributed by atoms with Crippen LogP contribution in [0, 0.1) is 0 Å². The summed E-state index contributed by atoms with van der Waals surface area (Å²) >= 11 is 1.76. The van der Waals surface area contributed by atoms with Gasteiger partial charge in [-0.25, -0.2) is 17.5 Å². The molecule has 0 saturated carbocycles. The number of carbonyl (C=O) groups is 1. The lowest BCUT2D eigenvalue weighted by Crippen LogP contribution is -2.51. The normalized spacial score (nSPS) is 20.3. The van der Waals surface area contributed by atoms with Crippen molar-refractivity contribution in [2.45, 2.75) is 38.8 Å². The topological polar surface area (TPSA) is 69.7 Å². The minimum absolute atomic E-state index is 0.0290. The number of piperidine rings is 1. The van der Waals surface area contributed by atoms with Gasteiger partial charge in [-0.3, -0.25) is 0 Å². The van der Waals surface area contributed by atoms with Crippen molar-refractivity contribution >= 4 is 27.4 Å². The highest BCUT2D eigenvalue weighted by molar-refractivity contribution is 7.89. The van der Waals surface area contributed by atoms with E-state index < -0.39 is 10.0 Å². The molecule has 1 saturated heterocycles. The van der Waals surface area contributed by atoms with Gasteiger partial charge < -0.3 is 10.2 Å². The number of nitrogens with one attached hydrogen (secondary N) is 1. The van der Waals surface area contributed by atoms with E-state index >= 15 is 0 Å². The summed E-state index contributed by atoms with van der Waals surface area (Å²) in [5, 5.41) is 5.15. The van der Waals surface area contributed by atoms with Crippen LogP contribution in [0.25, 0.3) is 0 Å². The highest BCUT2D eigenvalue weighted by Crippen LogP contribution is 2.24. The maximum atomic E-state index is 12.4. The second kappa shape index (κ2) is 6.78. The van der Waals surface area contributed by atoms with Crippen molar-refractivity contribution in [1.82, 2.24) is 14.5 Å². The van der Waals surface area contributed by atoms with Gasteiger partial charge in [0.2, 0.25) is 10.0 Å². The van der Waals surface area contributed by atoms with Crippen molar-refractivity contribution in [3.05, 3.63) is 21.9 Å². The number of rotatable bonds is 3.